The van der Waals surface area contributed by atoms with Crippen molar-refractivity contribution >= 4 is 23.5 Å². The highest BCUT2D eigenvalue weighted by Crippen LogP contribution is 2.45. The minimum absolute atomic E-state index is 0.0393. The predicted molar refractivity (Wildman–Crippen MR) is 130 cm³/mol. The van der Waals surface area contributed by atoms with Crippen molar-refractivity contribution in [3.8, 4) is 11.3 Å². The molecule has 0 spiro atoms. The molecule has 2 aliphatic heterocycles. The van der Waals surface area contributed by atoms with E-state index in [2.05, 4.69) is 20.0 Å². The summed E-state index contributed by atoms with van der Waals surface area (Å²) in [6.07, 6.45) is 6.06. The lowest BCUT2D eigenvalue weighted by Crippen LogP contribution is -2.46. The largest absolute Gasteiger partial charge is 0.477 e. The van der Waals surface area contributed by atoms with E-state index in [-0.39, 0.29) is 23.9 Å². The third kappa shape index (κ3) is 4.29. The molecule has 2 saturated heterocycles. The summed E-state index contributed by atoms with van der Waals surface area (Å²) in [4.78, 5) is 22.6. The summed E-state index contributed by atoms with van der Waals surface area (Å²) >= 11 is 6.47. The quantitative estimate of drug-likeness (QED) is 0.466. The monoisotopic (exact) mass is 494 g/mol. The number of fused-ring (bicyclic) bond motifs is 2. The van der Waals surface area contributed by atoms with Gasteiger partial charge in [0.15, 0.2) is 5.69 Å². The molecule has 8 nitrogen and oxygen atoms in total. The highest BCUT2D eigenvalue weighted by molar-refractivity contribution is 6.33. The van der Waals surface area contributed by atoms with Crippen molar-refractivity contribution in [2.24, 2.45) is 0 Å². The maximum absolute atomic E-state index is 11.5. The molecule has 3 fully saturated rings. The minimum Gasteiger partial charge on any atom is -0.477 e. The van der Waals surface area contributed by atoms with Crippen molar-refractivity contribution < 1.29 is 19.2 Å². The van der Waals surface area contributed by atoms with Gasteiger partial charge in [-0.3, -0.25) is 0 Å². The van der Waals surface area contributed by atoms with Crippen LogP contribution in [0, 0.1) is 6.92 Å². The molecule has 3 atom stereocenters. The van der Waals surface area contributed by atoms with Crippen LogP contribution in [0.25, 0.3) is 11.3 Å². The zero-order valence-corrected chi connectivity index (χ0v) is 20.2. The molecule has 1 aliphatic carbocycles. The lowest BCUT2D eigenvalue weighted by molar-refractivity contribution is 0.0144. The Bertz CT molecular complexity index is 1260. The highest BCUT2D eigenvalue weighted by atomic mass is 35.5. The number of ether oxygens (including phenoxy) is 1. The summed E-state index contributed by atoms with van der Waals surface area (Å²) in [5, 5.41) is 14.5. The number of aromatic nitrogens is 3. The fourth-order valence-electron chi connectivity index (χ4n) is 5.56. The number of hydrogen-bond acceptors (Lipinski definition) is 7. The Morgan fingerprint density at radius 2 is 1.91 bits per heavy atom. The van der Waals surface area contributed by atoms with Gasteiger partial charge in [0.05, 0.1) is 17.7 Å². The Morgan fingerprint density at radius 1 is 1.17 bits per heavy atom. The van der Waals surface area contributed by atoms with Crippen molar-refractivity contribution in [2.45, 2.75) is 76.2 Å². The van der Waals surface area contributed by atoms with Gasteiger partial charge in [-0.15, -0.1) is 0 Å². The molecule has 3 aromatic rings. The molecule has 2 bridgehead atoms. The summed E-state index contributed by atoms with van der Waals surface area (Å²) in [5.74, 6) is 0.827. The minimum atomic E-state index is -1.03. The normalized spacial score (nSPS) is 23.6. The average molecular weight is 495 g/mol. The Labute approximate surface area is 208 Å². The van der Waals surface area contributed by atoms with E-state index >= 15 is 0 Å². The number of benzene rings is 1. The molecule has 1 N–H and O–H groups in total. The predicted octanol–water partition coefficient (Wildman–Crippen LogP) is 5.39. The lowest BCUT2D eigenvalue weighted by Gasteiger charge is -2.39. The van der Waals surface area contributed by atoms with Gasteiger partial charge in [0.1, 0.15) is 11.5 Å². The molecule has 1 saturated carbocycles. The number of aromatic carboxylic acids is 1. The van der Waals surface area contributed by atoms with Gasteiger partial charge >= 0.3 is 5.97 Å². The van der Waals surface area contributed by atoms with Crippen molar-refractivity contribution in [3.63, 3.8) is 0 Å². The molecular weight excluding hydrogens is 468 g/mol. The van der Waals surface area contributed by atoms with Crippen LogP contribution in [0.15, 0.2) is 34.9 Å². The summed E-state index contributed by atoms with van der Waals surface area (Å²) in [6, 6.07) is 9.66. The molecule has 3 aliphatic rings. The van der Waals surface area contributed by atoms with Crippen LogP contribution in [-0.2, 0) is 11.3 Å². The van der Waals surface area contributed by atoms with Gasteiger partial charge in [0.25, 0.3) is 0 Å². The van der Waals surface area contributed by atoms with E-state index in [9.17, 15) is 9.90 Å². The molecule has 6 rings (SSSR count). The standard InChI is InChI=1S/C26H27ClN4O4/c1-14-10-22(25(32)33)29-26(28-14)31-16-8-9-17(31)12-18(11-16)34-13-20-23(19-4-2-3-5-21(19)27)30-35-24(20)15-6-7-15/h2-5,10,15-18H,6-9,11-13H2,1H3,(H,32,33)/t16-,17+,18?. The fraction of sp³-hybridized carbons (Fsp3) is 0.462. The van der Waals surface area contributed by atoms with Crippen LogP contribution in [-0.4, -0.2) is 44.4 Å². The van der Waals surface area contributed by atoms with Crippen molar-refractivity contribution in [1.29, 1.82) is 0 Å². The second kappa shape index (κ2) is 8.91. The summed E-state index contributed by atoms with van der Waals surface area (Å²) < 4.78 is 12.3. The van der Waals surface area contributed by atoms with Crippen LogP contribution >= 0.6 is 11.6 Å². The van der Waals surface area contributed by atoms with E-state index in [1.807, 2.05) is 31.2 Å². The topological polar surface area (TPSA) is 102 Å². The van der Waals surface area contributed by atoms with Gasteiger partial charge in [0.2, 0.25) is 5.95 Å². The third-order valence-corrected chi connectivity index (χ3v) is 7.67. The second-order valence-corrected chi connectivity index (χ2v) is 10.2. The summed E-state index contributed by atoms with van der Waals surface area (Å²) in [7, 11) is 0. The number of aryl methyl sites for hydroxylation is 1. The van der Waals surface area contributed by atoms with Crippen LogP contribution in [0.5, 0.6) is 0 Å². The van der Waals surface area contributed by atoms with E-state index < -0.39 is 5.97 Å². The Morgan fingerprint density at radius 3 is 2.60 bits per heavy atom. The SMILES string of the molecule is Cc1cc(C(=O)O)nc(N2[C@@H]3CC[C@H]2CC(OCc2c(-c4ccccc4Cl)noc2C2CC2)C3)n1. The van der Waals surface area contributed by atoms with E-state index in [0.717, 1.165) is 61.1 Å². The van der Waals surface area contributed by atoms with Crippen LogP contribution in [0.4, 0.5) is 5.95 Å². The van der Waals surface area contributed by atoms with Gasteiger partial charge in [-0.1, -0.05) is 35.0 Å². The number of carbonyl (C=O) groups is 1. The molecule has 4 heterocycles. The van der Waals surface area contributed by atoms with Gasteiger partial charge in [0, 0.05) is 34.8 Å². The number of carboxylic acid groups (broad SMARTS) is 1. The first-order valence-corrected chi connectivity index (χ1v) is 12.6. The first-order valence-electron chi connectivity index (χ1n) is 12.2. The maximum Gasteiger partial charge on any atom is 0.354 e. The maximum atomic E-state index is 11.5. The van der Waals surface area contributed by atoms with Crippen LogP contribution in [0.3, 0.4) is 0 Å². The molecule has 35 heavy (non-hydrogen) atoms. The number of rotatable bonds is 7. The fourth-order valence-corrected chi connectivity index (χ4v) is 5.79. The Kier molecular flexibility index (Phi) is 5.73. The first-order chi connectivity index (χ1) is 17.0. The van der Waals surface area contributed by atoms with Crippen molar-refractivity contribution in [2.75, 3.05) is 4.90 Å². The highest BCUT2D eigenvalue weighted by Gasteiger charge is 2.43. The lowest BCUT2D eigenvalue weighted by atomic mass is 9.99. The van der Waals surface area contributed by atoms with Crippen molar-refractivity contribution in [1.82, 2.24) is 15.1 Å². The molecule has 2 aromatic heterocycles. The Hall–Kier alpha value is -2.97. The van der Waals surface area contributed by atoms with Gasteiger partial charge < -0.3 is 19.3 Å². The number of halogens is 1. The number of hydrogen-bond donors (Lipinski definition) is 1. The van der Waals surface area contributed by atoms with Crippen molar-refractivity contribution in [3.05, 3.63) is 58.1 Å². The molecular formula is C26H27ClN4O4. The van der Waals surface area contributed by atoms with E-state index in [4.69, 9.17) is 20.9 Å². The molecule has 0 radical (unpaired) electrons. The van der Waals surface area contributed by atoms with Crippen LogP contribution < -0.4 is 4.90 Å². The number of nitrogens with zero attached hydrogens (tertiary/aromatic N) is 4. The zero-order chi connectivity index (χ0) is 24.1. The van der Waals surface area contributed by atoms with E-state index in [1.165, 1.54) is 6.07 Å². The molecule has 182 valence electrons. The smallest absolute Gasteiger partial charge is 0.354 e. The molecule has 1 unspecified atom stereocenters. The Balaban J connectivity index is 1.20. The number of carboxylic acids is 1. The van der Waals surface area contributed by atoms with E-state index in [0.29, 0.717) is 29.2 Å². The number of piperidine rings is 1. The van der Waals surface area contributed by atoms with E-state index in [1.54, 1.807) is 0 Å². The van der Waals surface area contributed by atoms with Gasteiger partial charge in [-0.25, -0.2) is 14.8 Å². The first kappa shape index (κ1) is 22.5. The number of anilines is 1. The van der Waals surface area contributed by atoms with Gasteiger partial charge in [-0.2, -0.15) is 0 Å². The van der Waals surface area contributed by atoms with Gasteiger partial charge in [-0.05, 0) is 57.6 Å². The van der Waals surface area contributed by atoms with Crippen LogP contribution in [0.2, 0.25) is 5.02 Å². The summed E-state index contributed by atoms with van der Waals surface area (Å²) in [6.45, 7) is 2.24. The molecule has 0 amide bonds. The van der Waals surface area contributed by atoms with Crippen LogP contribution in [0.1, 0.15) is 71.9 Å². The molecule has 1 aromatic carbocycles. The average Bonchev–Trinajstić information content (AvgIpc) is 3.54. The second-order valence-electron chi connectivity index (χ2n) is 9.82. The molecule has 9 heteroatoms. The zero-order valence-electron chi connectivity index (χ0n) is 19.5. The summed E-state index contributed by atoms with van der Waals surface area (Å²) in [5.41, 5.74) is 3.34. The third-order valence-electron chi connectivity index (χ3n) is 7.34.